The van der Waals surface area contributed by atoms with Gasteiger partial charge in [0.1, 0.15) is 0 Å². The van der Waals surface area contributed by atoms with Gasteiger partial charge in [-0.3, -0.25) is 9.78 Å². The number of pyridine rings is 1. The van der Waals surface area contributed by atoms with Gasteiger partial charge in [0, 0.05) is 24.7 Å². The van der Waals surface area contributed by atoms with E-state index in [0.29, 0.717) is 12.5 Å². The summed E-state index contributed by atoms with van der Waals surface area (Å²) in [6.07, 6.45) is 8.56. The van der Waals surface area contributed by atoms with E-state index in [9.17, 15) is 4.79 Å². The van der Waals surface area contributed by atoms with Crippen LogP contribution in [0.15, 0.2) is 48.8 Å². The van der Waals surface area contributed by atoms with E-state index < -0.39 is 5.97 Å². The summed E-state index contributed by atoms with van der Waals surface area (Å²) in [5, 5.41) is 8.73. The highest BCUT2D eigenvalue weighted by Crippen LogP contribution is 2.30. The monoisotopic (exact) mass is 326 g/mol. The molecule has 0 aliphatic carbocycles. The van der Waals surface area contributed by atoms with Crippen LogP contribution in [0.25, 0.3) is 0 Å². The van der Waals surface area contributed by atoms with Gasteiger partial charge in [-0.15, -0.1) is 0 Å². The highest BCUT2D eigenvalue weighted by Gasteiger charge is 2.14. The normalized spacial score (nSPS) is 12.0. The van der Waals surface area contributed by atoms with E-state index in [0.717, 1.165) is 32.1 Å². The minimum atomic E-state index is -0.714. The van der Waals surface area contributed by atoms with E-state index in [-0.39, 0.29) is 6.42 Å². The molecule has 128 valence electrons. The Hall–Kier alpha value is -2.20. The SMILES string of the molecule is NCCc1ccc(C(CCCCCC(=O)O)c2cccnc2)cc1. The molecule has 24 heavy (non-hydrogen) atoms. The summed E-state index contributed by atoms with van der Waals surface area (Å²) < 4.78 is 0. The summed E-state index contributed by atoms with van der Waals surface area (Å²) >= 11 is 0. The molecular weight excluding hydrogens is 300 g/mol. The van der Waals surface area contributed by atoms with Crippen LogP contribution in [-0.2, 0) is 11.2 Å². The van der Waals surface area contributed by atoms with Crippen LogP contribution in [0.3, 0.4) is 0 Å². The summed E-state index contributed by atoms with van der Waals surface area (Å²) in [4.78, 5) is 14.9. The summed E-state index contributed by atoms with van der Waals surface area (Å²) in [6, 6.07) is 12.7. The Labute approximate surface area is 143 Å². The van der Waals surface area contributed by atoms with Gasteiger partial charge >= 0.3 is 5.97 Å². The molecule has 2 aromatic rings. The first-order chi connectivity index (χ1) is 11.7. The number of hydrogen-bond acceptors (Lipinski definition) is 3. The molecule has 1 heterocycles. The summed E-state index contributed by atoms with van der Waals surface area (Å²) in [6.45, 7) is 0.662. The third kappa shape index (κ3) is 5.78. The molecule has 4 heteroatoms. The minimum absolute atomic E-state index is 0.255. The van der Waals surface area contributed by atoms with Gasteiger partial charge in [0.05, 0.1) is 0 Å². The fourth-order valence-corrected chi connectivity index (χ4v) is 2.99. The van der Waals surface area contributed by atoms with Gasteiger partial charge in [0.2, 0.25) is 0 Å². The first-order valence-electron chi connectivity index (χ1n) is 8.61. The topological polar surface area (TPSA) is 76.2 Å². The quantitative estimate of drug-likeness (QED) is 0.652. The second-order valence-corrected chi connectivity index (χ2v) is 6.11. The third-order valence-electron chi connectivity index (χ3n) is 4.29. The highest BCUT2D eigenvalue weighted by atomic mass is 16.4. The lowest BCUT2D eigenvalue weighted by Crippen LogP contribution is -2.05. The number of aliphatic carboxylic acids is 1. The Balaban J connectivity index is 2.04. The van der Waals surface area contributed by atoms with Crippen molar-refractivity contribution >= 4 is 5.97 Å². The molecule has 0 spiro atoms. The zero-order chi connectivity index (χ0) is 17.2. The molecule has 1 aromatic heterocycles. The summed E-state index contributed by atoms with van der Waals surface area (Å²) in [5.41, 5.74) is 9.36. The van der Waals surface area contributed by atoms with E-state index >= 15 is 0 Å². The number of hydrogen-bond donors (Lipinski definition) is 2. The van der Waals surface area contributed by atoms with Gasteiger partial charge in [-0.25, -0.2) is 0 Å². The molecule has 0 saturated carbocycles. The van der Waals surface area contributed by atoms with Gasteiger partial charge < -0.3 is 10.8 Å². The zero-order valence-corrected chi connectivity index (χ0v) is 14.0. The van der Waals surface area contributed by atoms with Gasteiger partial charge in [-0.2, -0.15) is 0 Å². The molecule has 0 bridgehead atoms. The number of unbranched alkanes of at least 4 members (excludes halogenated alkanes) is 2. The molecule has 0 aliphatic rings. The number of rotatable bonds is 10. The highest BCUT2D eigenvalue weighted by molar-refractivity contribution is 5.66. The number of nitrogens with zero attached hydrogens (tertiary/aromatic N) is 1. The molecule has 4 nitrogen and oxygen atoms in total. The molecule has 0 fully saturated rings. The number of carboxylic acids is 1. The van der Waals surface area contributed by atoms with E-state index in [1.807, 2.05) is 12.3 Å². The lowest BCUT2D eigenvalue weighted by molar-refractivity contribution is -0.137. The van der Waals surface area contributed by atoms with Crippen LogP contribution in [0.5, 0.6) is 0 Å². The number of benzene rings is 1. The Morgan fingerprint density at radius 3 is 2.50 bits per heavy atom. The maximum atomic E-state index is 10.6. The average molecular weight is 326 g/mol. The van der Waals surface area contributed by atoms with Crippen molar-refractivity contribution in [2.24, 2.45) is 5.73 Å². The molecule has 2 rings (SSSR count). The lowest BCUT2D eigenvalue weighted by Gasteiger charge is -2.18. The van der Waals surface area contributed by atoms with Crippen LogP contribution in [-0.4, -0.2) is 22.6 Å². The van der Waals surface area contributed by atoms with Gasteiger partial charge in [-0.05, 0) is 48.6 Å². The van der Waals surface area contributed by atoms with E-state index in [1.165, 1.54) is 16.7 Å². The predicted molar refractivity (Wildman–Crippen MR) is 96.0 cm³/mol. The van der Waals surface area contributed by atoms with Crippen LogP contribution in [0, 0.1) is 0 Å². The van der Waals surface area contributed by atoms with Crippen molar-refractivity contribution in [2.75, 3.05) is 6.54 Å². The molecule has 0 amide bonds. The molecule has 1 aromatic carbocycles. The fourth-order valence-electron chi connectivity index (χ4n) is 2.99. The molecule has 3 N–H and O–H groups in total. The molecule has 0 saturated heterocycles. The van der Waals surface area contributed by atoms with E-state index in [2.05, 4.69) is 35.3 Å². The largest absolute Gasteiger partial charge is 0.481 e. The first-order valence-corrected chi connectivity index (χ1v) is 8.61. The standard InChI is InChI=1S/C20H26N2O2/c21-13-12-16-8-10-17(11-9-16)19(18-5-4-14-22-15-18)6-2-1-3-7-20(23)24/h4-5,8-11,14-15,19H,1-3,6-7,12-13,21H2,(H,23,24). The molecular formula is C20H26N2O2. The molecule has 1 atom stereocenters. The Morgan fingerprint density at radius 1 is 1.08 bits per heavy atom. The van der Waals surface area contributed by atoms with Crippen molar-refractivity contribution in [3.05, 3.63) is 65.5 Å². The molecule has 1 unspecified atom stereocenters. The number of carbonyl (C=O) groups is 1. The van der Waals surface area contributed by atoms with Crippen molar-refractivity contribution in [1.29, 1.82) is 0 Å². The molecule has 0 radical (unpaired) electrons. The summed E-state index contributed by atoms with van der Waals surface area (Å²) in [5.74, 6) is -0.412. The number of carboxylic acid groups (broad SMARTS) is 1. The minimum Gasteiger partial charge on any atom is -0.481 e. The second-order valence-electron chi connectivity index (χ2n) is 6.11. The molecule has 0 aliphatic heterocycles. The van der Waals surface area contributed by atoms with Crippen LogP contribution in [0.1, 0.15) is 54.7 Å². The number of nitrogens with two attached hydrogens (primary N) is 1. The zero-order valence-electron chi connectivity index (χ0n) is 14.0. The van der Waals surface area contributed by atoms with Crippen molar-refractivity contribution in [3.63, 3.8) is 0 Å². The maximum absolute atomic E-state index is 10.6. The van der Waals surface area contributed by atoms with E-state index in [1.54, 1.807) is 6.20 Å². The van der Waals surface area contributed by atoms with Gasteiger partial charge in [0.15, 0.2) is 0 Å². The van der Waals surface area contributed by atoms with Crippen LogP contribution in [0.4, 0.5) is 0 Å². The lowest BCUT2D eigenvalue weighted by atomic mass is 9.87. The summed E-state index contributed by atoms with van der Waals surface area (Å²) in [7, 11) is 0. The first kappa shape index (κ1) is 18.1. The smallest absolute Gasteiger partial charge is 0.303 e. The third-order valence-corrected chi connectivity index (χ3v) is 4.29. The Bertz CT molecular complexity index is 611. The van der Waals surface area contributed by atoms with Crippen molar-refractivity contribution in [3.8, 4) is 0 Å². The maximum Gasteiger partial charge on any atom is 0.303 e. The van der Waals surface area contributed by atoms with Crippen molar-refractivity contribution < 1.29 is 9.90 Å². The number of aromatic nitrogens is 1. The van der Waals surface area contributed by atoms with Crippen LogP contribution >= 0.6 is 0 Å². The van der Waals surface area contributed by atoms with Gasteiger partial charge in [0.25, 0.3) is 0 Å². The van der Waals surface area contributed by atoms with Crippen molar-refractivity contribution in [1.82, 2.24) is 4.98 Å². The van der Waals surface area contributed by atoms with Gasteiger partial charge in [-0.1, -0.05) is 43.2 Å². The average Bonchev–Trinajstić information content (AvgIpc) is 2.60. The second kappa shape index (κ2) is 9.83. The van der Waals surface area contributed by atoms with Crippen LogP contribution in [0.2, 0.25) is 0 Å². The fraction of sp³-hybridized carbons (Fsp3) is 0.400. The predicted octanol–water partition coefficient (Wildman–Crippen LogP) is 3.75. The van der Waals surface area contributed by atoms with Crippen LogP contribution < -0.4 is 5.73 Å². The van der Waals surface area contributed by atoms with Crippen molar-refractivity contribution in [2.45, 2.75) is 44.4 Å². The Morgan fingerprint density at radius 2 is 1.88 bits per heavy atom. The Kier molecular flexibility index (Phi) is 7.43. The van der Waals surface area contributed by atoms with E-state index in [4.69, 9.17) is 10.8 Å².